The number of hydrogen-bond acceptors (Lipinski definition) is 3. The molecule has 1 heterocycles. The molecule has 78 valence electrons. The lowest BCUT2D eigenvalue weighted by molar-refractivity contribution is 0.277. The van der Waals surface area contributed by atoms with Gasteiger partial charge in [0.25, 0.3) is 0 Å². The van der Waals surface area contributed by atoms with E-state index in [4.69, 9.17) is 5.73 Å². The summed E-state index contributed by atoms with van der Waals surface area (Å²) in [5.74, 6) is 2.33. The maximum Gasteiger partial charge on any atom is 0.0363 e. The Morgan fingerprint density at radius 1 is 1.46 bits per heavy atom. The molecule has 3 nitrogen and oxygen atoms in total. The van der Waals surface area contributed by atoms with Crippen LogP contribution in [0.15, 0.2) is 0 Å². The standard InChI is InChI=1S/C9H20N2OS/c1-9(8-10)2-3-11-4-6-13(12)7-5-11/h9H,2-8,10H2,1H3. The summed E-state index contributed by atoms with van der Waals surface area (Å²) in [5, 5.41) is 0. The van der Waals surface area contributed by atoms with Crippen LogP contribution in [-0.2, 0) is 10.8 Å². The molecule has 0 saturated carbocycles. The van der Waals surface area contributed by atoms with Crippen molar-refractivity contribution in [3.8, 4) is 0 Å². The second-order valence-corrected chi connectivity index (χ2v) is 5.52. The fourth-order valence-electron chi connectivity index (χ4n) is 1.42. The molecule has 0 bridgehead atoms. The van der Waals surface area contributed by atoms with Crippen molar-refractivity contribution in [1.29, 1.82) is 0 Å². The predicted octanol–water partition coefficient (Wildman–Crippen LogP) is 0.0356. The van der Waals surface area contributed by atoms with Crippen LogP contribution >= 0.6 is 0 Å². The molecule has 0 spiro atoms. The fraction of sp³-hybridized carbons (Fsp3) is 1.00. The van der Waals surface area contributed by atoms with Gasteiger partial charge >= 0.3 is 0 Å². The first-order valence-corrected chi connectivity index (χ1v) is 6.48. The minimum atomic E-state index is -0.543. The van der Waals surface area contributed by atoms with E-state index >= 15 is 0 Å². The van der Waals surface area contributed by atoms with E-state index in [2.05, 4.69) is 11.8 Å². The molecule has 1 unspecified atom stereocenters. The van der Waals surface area contributed by atoms with Gasteiger partial charge in [-0.1, -0.05) is 6.92 Å². The van der Waals surface area contributed by atoms with Gasteiger partial charge in [-0.05, 0) is 25.4 Å². The van der Waals surface area contributed by atoms with Crippen LogP contribution in [0.5, 0.6) is 0 Å². The Morgan fingerprint density at radius 3 is 2.62 bits per heavy atom. The molecule has 1 aliphatic heterocycles. The lowest BCUT2D eigenvalue weighted by Gasteiger charge is -2.26. The molecule has 0 radical (unpaired) electrons. The lowest BCUT2D eigenvalue weighted by Crippen LogP contribution is -2.38. The van der Waals surface area contributed by atoms with Crippen LogP contribution in [0.3, 0.4) is 0 Å². The third-order valence-corrected chi connectivity index (χ3v) is 3.89. The second kappa shape index (κ2) is 5.73. The SMILES string of the molecule is CC(CN)CCN1CCS(=O)CC1. The Bertz CT molecular complexity index is 165. The summed E-state index contributed by atoms with van der Waals surface area (Å²) in [6.45, 7) is 6.09. The minimum absolute atomic E-state index is 0.543. The molecule has 2 N–H and O–H groups in total. The van der Waals surface area contributed by atoms with Crippen molar-refractivity contribution in [3.05, 3.63) is 0 Å². The van der Waals surface area contributed by atoms with Gasteiger partial charge in [0.1, 0.15) is 0 Å². The van der Waals surface area contributed by atoms with E-state index in [1.165, 1.54) is 6.42 Å². The van der Waals surface area contributed by atoms with Gasteiger partial charge in [-0.15, -0.1) is 0 Å². The van der Waals surface area contributed by atoms with E-state index < -0.39 is 10.8 Å². The van der Waals surface area contributed by atoms with Gasteiger partial charge in [-0.25, -0.2) is 0 Å². The Labute approximate surface area is 83.1 Å². The largest absolute Gasteiger partial charge is 0.330 e. The average Bonchev–Trinajstić information content (AvgIpc) is 2.16. The van der Waals surface area contributed by atoms with Gasteiger partial charge in [-0.2, -0.15) is 0 Å². The molecule has 4 heteroatoms. The highest BCUT2D eigenvalue weighted by Gasteiger charge is 2.14. The second-order valence-electron chi connectivity index (χ2n) is 3.82. The van der Waals surface area contributed by atoms with Gasteiger partial charge in [0.05, 0.1) is 0 Å². The molecule has 0 amide bonds. The third-order valence-electron chi connectivity index (χ3n) is 2.61. The quantitative estimate of drug-likeness (QED) is 0.703. The van der Waals surface area contributed by atoms with Gasteiger partial charge < -0.3 is 10.6 Å². The van der Waals surface area contributed by atoms with E-state index in [1.807, 2.05) is 0 Å². The molecule has 1 atom stereocenters. The molecule has 1 saturated heterocycles. The van der Waals surface area contributed by atoms with E-state index in [1.54, 1.807) is 0 Å². The highest BCUT2D eigenvalue weighted by Crippen LogP contribution is 2.05. The Balaban J connectivity index is 2.12. The average molecular weight is 204 g/mol. The summed E-state index contributed by atoms with van der Waals surface area (Å²) in [6, 6.07) is 0. The molecule has 0 aromatic carbocycles. The van der Waals surface area contributed by atoms with E-state index in [9.17, 15) is 4.21 Å². The maximum absolute atomic E-state index is 11.1. The third kappa shape index (κ3) is 4.20. The van der Waals surface area contributed by atoms with Gasteiger partial charge in [0.15, 0.2) is 0 Å². The maximum atomic E-state index is 11.1. The summed E-state index contributed by atoms with van der Waals surface area (Å²) in [6.07, 6.45) is 1.17. The normalized spacial score (nSPS) is 23.2. The summed E-state index contributed by atoms with van der Waals surface area (Å²) in [4.78, 5) is 2.40. The van der Waals surface area contributed by atoms with Crippen LogP contribution in [0.4, 0.5) is 0 Å². The summed E-state index contributed by atoms with van der Waals surface area (Å²) in [7, 11) is -0.543. The van der Waals surface area contributed by atoms with Crippen molar-refractivity contribution in [2.24, 2.45) is 11.7 Å². The monoisotopic (exact) mass is 204 g/mol. The summed E-state index contributed by atoms with van der Waals surface area (Å²) < 4.78 is 11.1. The molecular formula is C9H20N2OS. The van der Waals surface area contributed by atoms with Crippen LogP contribution in [0, 0.1) is 5.92 Å². The molecule has 13 heavy (non-hydrogen) atoms. The lowest BCUT2D eigenvalue weighted by atomic mass is 10.1. The van der Waals surface area contributed by atoms with Gasteiger partial charge in [0.2, 0.25) is 0 Å². The summed E-state index contributed by atoms with van der Waals surface area (Å²) >= 11 is 0. The number of nitrogens with zero attached hydrogens (tertiary/aromatic N) is 1. The van der Waals surface area contributed by atoms with Crippen LogP contribution in [-0.4, -0.2) is 46.8 Å². The van der Waals surface area contributed by atoms with Crippen LogP contribution in [0.25, 0.3) is 0 Å². The van der Waals surface area contributed by atoms with E-state index in [0.717, 1.165) is 37.7 Å². The Morgan fingerprint density at radius 2 is 2.08 bits per heavy atom. The molecule has 0 aliphatic carbocycles. The highest BCUT2D eigenvalue weighted by atomic mass is 32.2. The number of rotatable bonds is 4. The van der Waals surface area contributed by atoms with Crippen molar-refractivity contribution in [3.63, 3.8) is 0 Å². The first-order valence-electron chi connectivity index (χ1n) is 4.99. The Hall–Kier alpha value is 0.0700. The number of hydrogen-bond donors (Lipinski definition) is 1. The molecule has 1 aliphatic rings. The first-order chi connectivity index (χ1) is 6.22. The number of nitrogens with two attached hydrogens (primary N) is 1. The molecule has 0 aromatic rings. The molecule has 1 fully saturated rings. The van der Waals surface area contributed by atoms with Gasteiger partial charge in [-0.3, -0.25) is 4.21 Å². The Kier molecular flexibility index (Phi) is 4.91. The topological polar surface area (TPSA) is 46.3 Å². The van der Waals surface area contributed by atoms with E-state index in [0.29, 0.717) is 5.92 Å². The smallest absolute Gasteiger partial charge is 0.0363 e. The zero-order valence-electron chi connectivity index (χ0n) is 8.37. The zero-order valence-corrected chi connectivity index (χ0v) is 9.18. The van der Waals surface area contributed by atoms with Crippen molar-refractivity contribution in [2.45, 2.75) is 13.3 Å². The van der Waals surface area contributed by atoms with Crippen molar-refractivity contribution in [2.75, 3.05) is 37.7 Å². The van der Waals surface area contributed by atoms with Crippen LogP contribution < -0.4 is 5.73 Å². The first kappa shape index (κ1) is 11.1. The van der Waals surface area contributed by atoms with Crippen molar-refractivity contribution >= 4 is 10.8 Å². The highest BCUT2D eigenvalue weighted by molar-refractivity contribution is 7.85. The van der Waals surface area contributed by atoms with Crippen molar-refractivity contribution < 1.29 is 4.21 Å². The van der Waals surface area contributed by atoms with E-state index in [-0.39, 0.29) is 0 Å². The minimum Gasteiger partial charge on any atom is -0.330 e. The van der Waals surface area contributed by atoms with Gasteiger partial charge in [0, 0.05) is 35.4 Å². The predicted molar refractivity (Wildman–Crippen MR) is 57.2 cm³/mol. The van der Waals surface area contributed by atoms with Crippen molar-refractivity contribution in [1.82, 2.24) is 4.90 Å². The molecule has 0 aromatic heterocycles. The molecule has 1 rings (SSSR count). The summed E-state index contributed by atoms with van der Waals surface area (Å²) in [5.41, 5.74) is 5.54. The van der Waals surface area contributed by atoms with Crippen LogP contribution in [0.2, 0.25) is 0 Å². The van der Waals surface area contributed by atoms with Crippen LogP contribution in [0.1, 0.15) is 13.3 Å². The fourth-order valence-corrected chi connectivity index (χ4v) is 2.55. The molecular weight excluding hydrogens is 184 g/mol. The zero-order chi connectivity index (χ0) is 9.68.